The van der Waals surface area contributed by atoms with Gasteiger partial charge in [-0.05, 0) is 55.2 Å². The molecule has 0 atom stereocenters. The first-order valence-corrected chi connectivity index (χ1v) is 11.0. The molecule has 2 aromatic heterocycles. The third-order valence-corrected chi connectivity index (χ3v) is 5.62. The Hall–Kier alpha value is -3.11. The number of rotatable bonds is 7. The third kappa shape index (κ3) is 4.35. The van der Waals surface area contributed by atoms with Crippen LogP contribution in [0.2, 0.25) is 5.02 Å². The first kappa shape index (κ1) is 21.1. The maximum absolute atomic E-state index is 12.2. The van der Waals surface area contributed by atoms with E-state index in [0.717, 1.165) is 45.6 Å². The van der Waals surface area contributed by atoms with Crippen LogP contribution in [0.15, 0.2) is 66.7 Å². The van der Waals surface area contributed by atoms with Crippen molar-refractivity contribution in [1.82, 2.24) is 9.61 Å². The maximum atomic E-state index is 12.2. The van der Waals surface area contributed by atoms with Crippen LogP contribution in [0.1, 0.15) is 31.5 Å². The third-order valence-electron chi connectivity index (χ3n) is 5.38. The molecule has 0 N–H and O–H groups in total. The van der Waals surface area contributed by atoms with Crippen LogP contribution in [-0.4, -0.2) is 22.2 Å². The lowest BCUT2D eigenvalue weighted by atomic mass is 9.93. The van der Waals surface area contributed by atoms with E-state index >= 15 is 0 Å². The number of carbonyl (C=O) groups is 1. The van der Waals surface area contributed by atoms with Crippen molar-refractivity contribution in [2.75, 3.05) is 6.61 Å². The van der Waals surface area contributed by atoms with Gasteiger partial charge in [-0.3, -0.25) is 4.79 Å². The standard InChI is InChI=1S/C26H25ClN2O2/c1-3-21-13-15-23-25(19-11-8-12-20(27)17-19)22(14-16-24(30)31-4-2)26(28-29(21)23)18-9-6-5-7-10-18/h5-13,15,17H,3-4,14,16H2,1-2H3. The number of aromatic nitrogens is 2. The van der Waals surface area contributed by atoms with Gasteiger partial charge in [-0.1, -0.05) is 61.0 Å². The Morgan fingerprint density at radius 3 is 2.48 bits per heavy atom. The molecule has 0 spiro atoms. The Labute approximate surface area is 187 Å². The van der Waals surface area contributed by atoms with Crippen LogP contribution in [0.4, 0.5) is 0 Å². The van der Waals surface area contributed by atoms with Gasteiger partial charge in [0.1, 0.15) is 0 Å². The van der Waals surface area contributed by atoms with Crippen LogP contribution in [0, 0.1) is 0 Å². The van der Waals surface area contributed by atoms with Crippen LogP contribution < -0.4 is 0 Å². The van der Waals surface area contributed by atoms with Gasteiger partial charge in [0, 0.05) is 28.3 Å². The average Bonchev–Trinajstić information content (AvgIpc) is 3.20. The Morgan fingerprint density at radius 2 is 1.77 bits per heavy atom. The lowest BCUT2D eigenvalue weighted by Crippen LogP contribution is -2.10. The molecule has 4 rings (SSSR count). The van der Waals surface area contributed by atoms with Crippen molar-refractivity contribution in [3.63, 3.8) is 0 Å². The summed E-state index contributed by atoms with van der Waals surface area (Å²) in [6.07, 6.45) is 1.69. The number of ether oxygens (including phenoxy) is 1. The van der Waals surface area contributed by atoms with Crippen molar-refractivity contribution in [3.05, 3.63) is 83.0 Å². The highest BCUT2D eigenvalue weighted by Gasteiger charge is 2.21. The summed E-state index contributed by atoms with van der Waals surface area (Å²) in [6, 6.07) is 22.2. The highest BCUT2D eigenvalue weighted by Crippen LogP contribution is 2.37. The molecule has 0 aliphatic heterocycles. The van der Waals surface area contributed by atoms with E-state index in [9.17, 15) is 4.79 Å². The van der Waals surface area contributed by atoms with Crippen molar-refractivity contribution < 1.29 is 9.53 Å². The van der Waals surface area contributed by atoms with Crippen LogP contribution >= 0.6 is 11.6 Å². The van der Waals surface area contributed by atoms with Gasteiger partial charge >= 0.3 is 5.97 Å². The van der Waals surface area contributed by atoms with Gasteiger partial charge in [0.2, 0.25) is 0 Å². The van der Waals surface area contributed by atoms with E-state index in [1.807, 2.05) is 47.8 Å². The minimum Gasteiger partial charge on any atom is -0.466 e. The zero-order chi connectivity index (χ0) is 21.8. The molecule has 31 heavy (non-hydrogen) atoms. The van der Waals surface area contributed by atoms with Crippen molar-refractivity contribution in [2.45, 2.75) is 33.1 Å². The number of hydrogen-bond acceptors (Lipinski definition) is 3. The molecule has 0 aliphatic carbocycles. The Bertz CT molecular complexity index is 1220. The molecular formula is C26H25ClN2O2. The van der Waals surface area contributed by atoms with Crippen LogP contribution in [0.3, 0.4) is 0 Å². The quantitative estimate of drug-likeness (QED) is 0.318. The van der Waals surface area contributed by atoms with E-state index < -0.39 is 0 Å². The summed E-state index contributed by atoms with van der Waals surface area (Å²) < 4.78 is 7.22. The van der Waals surface area contributed by atoms with E-state index in [4.69, 9.17) is 21.4 Å². The highest BCUT2D eigenvalue weighted by molar-refractivity contribution is 6.30. The van der Waals surface area contributed by atoms with Gasteiger partial charge in [-0.25, -0.2) is 4.52 Å². The normalized spacial score (nSPS) is 11.1. The number of aryl methyl sites for hydroxylation is 1. The van der Waals surface area contributed by atoms with Crippen LogP contribution in [0.5, 0.6) is 0 Å². The van der Waals surface area contributed by atoms with Crippen LogP contribution in [0.25, 0.3) is 27.9 Å². The molecule has 4 aromatic rings. The molecule has 0 bridgehead atoms. The molecule has 0 radical (unpaired) electrons. The number of esters is 1. The molecule has 5 heteroatoms. The predicted molar refractivity (Wildman–Crippen MR) is 125 cm³/mol. The number of halogens is 1. The van der Waals surface area contributed by atoms with Gasteiger partial charge in [-0.2, -0.15) is 5.10 Å². The molecule has 0 saturated heterocycles. The van der Waals surface area contributed by atoms with Gasteiger partial charge in [0.25, 0.3) is 0 Å². The van der Waals surface area contributed by atoms with Gasteiger partial charge in [0.05, 0.1) is 17.8 Å². The smallest absolute Gasteiger partial charge is 0.306 e. The Kier molecular flexibility index (Phi) is 6.38. The largest absolute Gasteiger partial charge is 0.466 e. The van der Waals surface area contributed by atoms with Gasteiger partial charge in [-0.15, -0.1) is 0 Å². The molecule has 0 amide bonds. The van der Waals surface area contributed by atoms with Crippen molar-refractivity contribution in [1.29, 1.82) is 0 Å². The second-order valence-corrected chi connectivity index (χ2v) is 7.80. The van der Waals surface area contributed by atoms with Gasteiger partial charge in [0.15, 0.2) is 0 Å². The zero-order valence-corrected chi connectivity index (χ0v) is 18.5. The second-order valence-electron chi connectivity index (χ2n) is 7.36. The summed E-state index contributed by atoms with van der Waals surface area (Å²) in [7, 11) is 0. The monoisotopic (exact) mass is 432 g/mol. The topological polar surface area (TPSA) is 43.6 Å². The molecule has 4 nitrogen and oxygen atoms in total. The molecule has 2 aromatic carbocycles. The van der Waals surface area contributed by atoms with E-state index in [2.05, 4.69) is 37.3 Å². The minimum atomic E-state index is -0.206. The van der Waals surface area contributed by atoms with E-state index in [-0.39, 0.29) is 5.97 Å². The van der Waals surface area contributed by atoms with Crippen molar-refractivity contribution >= 4 is 23.1 Å². The molecule has 0 fully saturated rings. The van der Waals surface area contributed by atoms with Crippen molar-refractivity contribution in [3.8, 4) is 22.4 Å². The number of benzene rings is 2. The molecule has 0 aliphatic rings. The minimum absolute atomic E-state index is 0.206. The first-order chi connectivity index (χ1) is 15.1. The summed E-state index contributed by atoms with van der Waals surface area (Å²) in [5.74, 6) is -0.206. The Morgan fingerprint density at radius 1 is 1.00 bits per heavy atom. The number of fused-ring (bicyclic) bond motifs is 1. The lowest BCUT2D eigenvalue weighted by molar-refractivity contribution is -0.143. The summed E-state index contributed by atoms with van der Waals surface area (Å²) in [5, 5.41) is 5.71. The fourth-order valence-electron chi connectivity index (χ4n) is 3.98. The molecule has 0 saturated carbocycles. The average molecular weight is 433 g/mol. The van der Waals surface area contributed by atoms with E-state index in [0.29, 0.717) is 24.5 Å². The molecular weight excluding hydrogens is 408 g/mol. The van der Waals surface area contributed by atoms with Crippen LogP contribution in [-0.2, 0) is 22.4 Å². The summed E-state index contributed by atoms with van der Waals surface area (Å²) in [6.45, 7) is 4.33. The maximum Gasteiger partial charge on any atom is 0.306 e. The van der Waals surface area contributed by atoms with Gasteiger partial charge < -0.3 is 4.74 Å². The summed E-state index contributed by atoms with van der Waals surface area (Å²) in [4.78, 5) is 12.2. The first-order valence-electron chi connectivity index (χ1n) is 10.6. The second kappa shape index (κ2) is 9.36. The number of carbonyl (C=O) groups excluding carboxylic acids is 1. The number of nitrogens with zero attached hydrogens (tertiary/aromatic N) is 2. The highest BCUT2D eigenvalue weighted by atomic mass is 35.5. The number of hydrogen-bond donors (Lipinski definition) is 0. The zero-order valence-electron chi connectivity index (χ0n) is 17.8. The summed E-state index contributed by atoms with van der Waals surface area (Å²) >= 11 is 6.36. The molecule has 0 unspecified atom stereocenters. The fourth-order valence-corrected chi connectivity index (χ4v) is 4.17. The molecule has 2 heterocycles. The predicted octanol–water partition coefficient (Wildman–Crippen LogP) is 6.38. The van der Waals surface area contributed by atoms with E-state index in [1.165, 1.54) is 0 Å². The summed E-state index contributed by atoms with van der Waals surface area (Å²) in [5.41, 5.74) is 7.12. The Balaban J connectivity index is 2.01. The molecule has 158 valence electrons. The van der Waals surface area contributed by atoms with E-state index in [1.54, 1.807) is 0 Å². The van der Waals surface area contributed by atoms with Crippen molar-refractivity contribution in [2.24, 2.45) is 0 Å². The SMILES string of the molecule is CCOC(=O)CCc1c(-c2ccccc2)nn2c(CC)ccc2c1-c1cccc(Cl)c1. The lowest BCUT2D eigenvalue weighted by Gasteiger charge is -2.18. The fraction of sp³-hybridized carbons (Fsp3) is 0.231.